The minimum Gasteiger partial charge on any atom is -0.391 e. The summed E-state index contributed by atoms with van der Waals surface area (Å²) in [6.07, 6.45) is -22.8. The van der Waals surface area contributed by atoms with E-state index in [2.05, 4.69) is 0 Å². The summed E-state index contributed by atoms with van der Waals surface area (Å²) in [7, 11) is 0.919. The molecule has 0 aliphatic rings. The summed E-state index contributed by atoms with van der Waals surface area (Å²) in [5, 5.41) is 27.3. The SMILES string of the molecule is C[N+](CCO)(CCO)CC(O)CC(F)(F)C(F)(F)C(F)(F)C(F)(F)C(F)(F)C(F)(F)C(F)(C(F)(F)F)C(F)(F)F. The third-order valence-electron chi connectivity index (χ3n) is 5.67. The Kier molecular flexibility index (Phi) is 10.6. The molecule has 0 bridgehead atoms. The second kappa shape index (κ2) is 11.0. The van der Waals surface area contributed by atoms with E-state index in [0.29, 0.717) is 0 Å². The van der Waals surface area contributed by atoms with E-state index in [1.807, 2.05) is 0 Å². The topological polar surface area (TPSA) is 60.7 Å². The second-order valence-electron chi connectivity index (χ2n) is 8.78. The zero-order valence-corrected chi connectivity index (χ0v) is 19.3. The Morgan fingerprint density at radius 2 is 0.825 bits per heavy atom. The van der Waals surface area contributed by atoms with Crippen molar-refractivity contribution in [3.8, 4) is 0 Å². The largest absolute Gasteiger partial charge is 0.438 e. The smallest absolute Gasteiger partial charge is 0.391 e. The standard InChI is InChI=1S/C17H19F19NO3/c1-37(2-4-38,3-5-39)7-8(40)6-9(18,19)11(21,22)13(25,26)15(29,30)14(27,28)12(23,24)10(20,16(31,32)33)17(34,35)36/h8,38-40H,2-7H2,1H3/q+1. The van der Waals surface area contributed by atoms with Crippen LogP contribution >= 0.6 is 0 Å². The highest BCUT2D eigenvalue weighted by molar-refractivity contribution is 5.19. The molecule has 1 atom stereocenters. The molecule has 0 amide bonds. The van der Waals surface area contributed by atoms with E-state index >= 15 is 0 Å². The van der Waals surface area contributed by atoms with Crippen molar-refractivity contribution in [3.05, 3.63) is 0 Å². The van der Waals surface area contributed by atoms with Crippen molar-refractivity contribution < 1.29 is 103 Å². The van der Waals surface area contributed by atoms with Crippen molar-refractivity contribution in [2.45, 2.75) is 66.1 Å². The average molecular weight is 646 g/mol. The summed E-state index contributed by atoms with van der Waals surface area (Å²) in [6.45, 7) is -4.13. The molecule has 23 heteroatoms. The van der Waals surface area contributed by atoms with Crippen molar-refractivity contribution in [1.82, 2.24) is 0 Å². The third kappa shape index (κ3) is 5.88. The van der Waals surface area contributed by atoms with E-state index in [1.165, 1.54) is 0 Å². The lowest BCUT2D eigenvalue weighted by molar-refractivity contribution is -0.913. The van der Waals surface area contributed by atoms with Crippen molar-refractivity contribution in [1.29, 1.82) is 0 Å². The number of rotatable bonds is 14. The van der Waals surface area contributed by atoms with Gasteiger partial charge in [-0.1, -0.05) is 0 Å². The van der Waals surface area contributed by atoms with Crippen LogP contribution in [0.5, 0.6) is 0 Å². The summed E-state index contributed by atoms with van der Waals surface area (Å²) in [5.41, 5.74) is -8.80. The first-order valence-electron chi connectivity index (χ1n) is 10.0. The van der Waals surface area contributed by atoms with Crippen LogP contribution in [0.4, 0.5) is 83.4 Å². The van der Waals surface area contributed by atoms with Crippen LogP contribution in [0.15, 0.2) is 0 Å². The lowest BCUT2D eigenvalue weighted by Crippen LogP contribution is -2.77. The number of likely N-dealkylation sites (N-methyl/N-ethyl adjacent to an activating group) is 1. The lowest BCUT2D eigenvalue weighted by atomic mass is 9.83. The Morgan fingerprint density at radius 3 is 1.12 bits per heavy atom. The van der Waals surface area contributed by atoms with Crippen LogP contribution in [-0.2, 0) is 0 Å². The Bertz CT molecular complexity index is 834. The van der Waals surface area contributed by atoms with Gasteiger partial charge in [0.2, 0.25) is 0 Å². The van der Waals surface area contributed by atoms with E-state index in [-0.39, 0.29) is 0 Å². The van der Waals surface area contributed by atoms with Gasteiger partial charge in [0, 0.05) is 6.42 Å². The molecule has 242 valence electrons. The normalized spacial score (nSPS) is 16.9. The van der Waals surface area contributed by atoms with E-state index in [4.69, 9.17) is 10.2 Å². The molecular formula is C17H19F19NO3+. The molecule has 0 aliphatic heterocycles. The van der Waals surface area contributed by atoms with Crippen molar-refractivity contribution in [2.24, 2.45) is 0 Å². The predicted molar refractivity (Wildman–Crippen MR) is 91.2 cm³/mol. The van der Waals surface area contributed by atoms with Gasteiger partial charge in [-0.3, -0.25) is 0 Å². The maximum absolute atomic E-state index is 14.0. The molecule has 1 unspecified atom stereocenters. The number of alkyl halides is 19. The first-order valence-corrected chi connectivity index (χ1v) is 10.0. The Morgan fingerprint density at radius 1 is 0.525 bits per heavy atom. The molecule has 40 heavy (non-hydrogen) atoms. The van der Waals surface area contributed by atoms with Gasteiger partial charge in [-0.2, -0.15) is 79.0 Å². The fraction of sp³-hybridized carbons (Fsp3) is 1.00. The van der Waals surface area contributed by atoms with Gasteiger partial charge in [-0.25, -0.2) is 4.39 Å². The molecule has 3 N–H and O–H groups in total. The van der Waals surface area contributed by atoms with Gasteiger partial charge in [0.15, 0.2) is 0 Å². The molecule has 0 fully saturated rings. The molecule has 0 aliphatic carbocycles. The average Bonchev–Trinajstić information content (AvgIpc) is 2.70. The maximum Gasteiger partial charge on any atom is 0.438 e. The highest BCUT2D eigenvalue weighted by Crippen LogP contribution is 2.66. The summed E-state index contributed by atoms with van der Waals surface area (Å²) >= 11 is 0. The van der Waals surface area contributed by atoms with E-state index < -0.39 is 103 Å². The lowest BCUT2D eigenvalue weighted by Gasteiger charge is -2.45. The van der Waals surface area contributed by atoms with Crippen LogP contribution in [0.25, 0.3) is 0 Å². The van der Waals surface area contributed by atoms with Gasteiger partial charge in [-0.15, -0.1) is 0 Å². The Labute approximate surface area is 210 Å². The van der Waals surface area contributed by atoms with Gasteiger partial charge < -0.3 is 19.8 Å². The predicted octanol–water partition coefficient (Wildman–Crippen LogP) is 4.81. The van der Waals surface area contributed by atoms with Crippen LogP contribution in [0.3, 0.4) is 0 Å². The van der Waals surface area contributed by atoms with Crippen LogP contribution < -0.4 is 0 Å². The third-order valence-corrected chi connectivity index (χ3v) is 5.67. The highest BCUT2D eigenvalue weighted by Gasteiger charge is 2.98. The fourth-order valence-corrected chi connectivity index (χ4v) is 3.33. The molecule has 0 heterocycles. The number of hydrogen-bond donors (Lipinski definition) is 3. The zero-order chi connectivity index (χ0) is 32.8. The molecule has 0 spiro atoms. The first kappa shape index (κ1) is 38.5. The van der Waals surface area contributed by atoms with Gasteiger partial charge in [0.1, 0.15) is 25.7 Å². The number of halogens is 19. The van der Waals surface area contributed by atoms with E-state index in [0.717, 1.165) is 7.05 Å². The Balaban J connectivity index is 6.77. The maximum atomic E-state index is 14.0. The molecule has 0 radical (unpaired) electrons. The minimum absolute atomic E-state index is 0.571. The number of aliphatic hydroxyl groups excluding tert-OH is 3. The molecule has 0 aromatic heterocycles. The summed E-state index contributed by atoms with van der Waals surface area (Å²) in [6, 6.07) is 0. The number of hydrogen-bond acceptors (Lipinski definition) is 3. The Hall–Kier alpha value is -1.49. The summed E-state index contributed by atoms with van der Waals surface area (Å²) in [5.74, 6) is -50.7. The quantitative estimate of drug-likeness (QED) is 0.188. The van der Waals surface area contributed by atoms with Crippen LogP contribution in [-0.4, -0.2) is 119 Å². The minimum atomic E-state index is -9.10. The van der Waals surface area contributed by atoms with Gasteiger partial charge >= 0.3 is 53.6 Å². The number of nitrogens with zero attached hydrogens (tertiary/aromatic N) is 1. The molecular weight excluding hydrogens is 627 g/mol. The van der Waals surface area contributed by atoms with Crippen LogP contribution in [0.2, 0.25) is 0 Å². The molecule has 0 aromatic rings. The van der Waals surface area contributed by atoms with Gasteiger partial charge in [0.25, 0.3) is 0 Å². The van der Waals surface area contributed by atoms with E-state index in [1.54, 1.807) is 0 Å². The van der Waals surface area contributed by atoms with E-state index in [9.17, 15) is 88.5 Å². The van der Waals surface area contributed by atoms with Crippen molar-refractivity contribution >= 4 is 0 Å². The monoisotopic (exact) mass is 646 g/mol. The number of quaternary nitrogens is 1. The van der Waals surface area contributed by atoms with Crippen molar-refractivity contribution in [3.63, 3.8) is 0 Å². The fourth-order valence-electron chi connectivity index (χ4n) is 3.33. The summed E-state index contributed by atoms with van der Waals surface area (Å²) in [4.78, 5) is 0. The van der Waals surface area contributed by atoms with Crippen LogP contribution in [0, 0.1) is 0 Å². The highest BCUT2D eigenvalue weighted by atomic mass is 19.4. The van der Waals surface area contributed by atoms with Gasteiger partial charge in [-0.05, 0) is 0 Å². The molecule has 0 rings (SSSR count). The van der Waals surface area contributed by atoms with Gasteiger partial charge in [0.05, 0.1) is 20.3 Å². The molecule has 0 saturated carbocycles. The summed E-state index contributed by atoms with van der Waals surface area (Å²) < 4.78 is 253. The molecule has 0 aromatic carbocycles. The number of aliphatic hydroxyl groups is 3. The molecule has 4 nitrogen and oxygen atoms in total. The zero-order valence-electron chi connectivity index (χ0n) is 19.3. The second-order valence-corrected chi connectivity index (χ2v) is 8.78. The van der Waals surface area contributed by atoms with Crippen LogP contribution in [0.1, 0.15) is 6.42 Å². The van der Waals surface area contributed by atoms with Crippen molar-refractivity contribution in [2.75, 3.05) is 39.9 Å². The molecule has 0 saturated heterocycles. The first-order chi connectivity index (χ1) is 17.2.